The summed E-state index contributed by atoms with van der Waals surface area (Å²) in [5.74, 6) is 0.539. The molecule has 0 saturated heterocycles. The molecule has 0 aliphatic rings. The van der Waals surface area contributed by atoms with Gasteiger partial charge in [0, 0.05) is 20.1 Å². The molecule has 1 rings (SSSR count). The van der Waals surface area contributed by atoms with Crippen LogP contribution in [0.25, 0.3) is 0 Å². The number of benzene rings is 1. The average molecular weight is 209 g/mol. The van der Waals surface area contributed by atoms with Crippen molar-refractivity contribution in [2.24, 2.45) is 4.99 Å². The second-order valence-electron chi connectivity index (χ2n) is 3.08. The van der Waals surface area contributed by atoms with Gasteiger partial charge in [0.1, 0.15) is 5.82 Å². The summed E-state index contributed by atoms with van der Waals surface area (Å²) in [6, 6.07) is 6.41. The zero-order valence-electron chi connectivity index (χ0n) is 9.05. The van der Waals surface area contributed by atoms with Crippen LogP contribution in [-0.2, 0) is 6.54 Å². The molecule has 0 aliphatic heterocycles. The molecule has 0 atom stereocenters. The Morgan fingerprint density at radius 3 is 2.47 bits per heavy atom. The lowest BCUT2D eigenvalue weighted by Crippen LogP contribution is -2.36. The number of guanidine groups is 1. The molecule has 0 spiro atoms. The molecule has 0 fully saturated rings. The molecule has 15 heavy (non-hydrogen) atoms. The molecule has 0 aliphatic carbocycles. The molecule has 1 aromatic carbocycles. The van der Waals surface area contributed by atoms with Crippen molar-refractivity contribution < 1.29 is 4.39 Å². The van der Waals surface area contributed by atoms with Crippen molar-refractivity contribution in [1.82, 2.24) is 10.6 Å². The molecule has 1 aromatic rings. The number of aliphatic imine (C=N–C) groups is 1. The van der Waals surface area contributed by atoms with Crippen molar-refractivity contribution in [3.63, 3.8) is 0 Å². The predicted molar refractivity (Wildman–Crippen MR) is 60.3 cm³/mol. The molecule has 2 N–H and O–H groups in total. The van der Waals surface area contributed by atoms with E-state index in [1.54, 1.807) is 19.2 Å². The van der Waals surface area contributed by atoms with Gasteiger partial charge in [-0.05, 0) is 24.6 Å². The van der Waals surface area contributed by atoms with Crippen molar-refractivity contribution >= 4 is 5.96 Å². The van der Waals surface area contributed by atoms with Crippen LogP contribution in [0.1, 0.15) is 12.5 Å². The zero-order valence-corrected chi connectivity index (χ0v) is 9.05. The molecule has 0 aromatic heterocycles. The molecular weight excluding hydrogens is 193 g/mol. The second-order valence-corrected chi connectivity index (χ2v) is 3.08. The van der Waals surface area contributed by atoms with E-state index in [1.807, 2.05) is 6.92 Å². The van der Waals surface area contributed by atoms with Gasteiger partial charge in [-0.1, -0.05) is 12.1 Å². The Hall–Kier alpha value is -1.58. The van der Waals surface area contributed by atoms with Crippen molar-refractivity contribution in [2.45, 2.75) is 13.5 Å². The number of hydrogen-bond donors (Lipinski definition) is 2. The fourth-order valence-corrected chi connectivity index (χ4v) is 1.18. The monoisotopic (exact) mass is 209 g/mol. The van der Waals surface area contributed by atoms with Gasteiger partial charge in [0.2, 0.25) is 0 Å². The third-order valence-corrected chi connectivity index (χ3v) is 1.94. The zero-order chi connectivity index (χ0) is 11.1. The first kappa shape index (κ1) is 11.5. The Morgan fingerprint density at radius 1 is 1.27 bits per heavy atom. The molecular formula is C11H16FN3. The normalized spacial score (nSPS) is 11.3. The summed E-state index contributed by atoms with van der Waals surface area (Å²) >= 11 is 0. The van der Waals surface area contributed by atoms with Gasteiger partial charge in [-0.3, -0.25) is 4.99 Å². The van der Waals surface area contributed by atoms with Crippen molar-refractivity contribution in [1.29, 1.82) is 0 Å². The fourth-order valence-electron chi connectivity index (χ4n) is 1.18. The van der Waals surface area contributed by atoms with E-state index < -0.39 is 0 Å². The second kappa shape index (κ2) is 6.01. The predicted octanol–water partition coefficient (Wildman–Crippen LogP) is 1.51. The molecule has 3 nitrogen and oxygen atoms in total. The number of nitrogens with zero attached hydrogens (tertiary/aromatic N) is 1. The summed E-state index contributed by atoms with van der Waals surface area (Å²) in [4.78, 5) is 4.03. The summed E-state index contributed by atoms with van der Waals surface area (Å²) in [6.07, 6.45) is 0. The summed E-state index contributed by atoms with van der Waals surface area (Å²) in [7, 11) is 1.72. The van der Waals surface area contributed by atoms with E-state index in [9.17, 15) is 4.39 Å². The Labute approximate surface area is 89.4 Å². The molecule has 0 amide bonds. The molecule has 0 bridgehead atoms. The van der Waals surface area contributed by atoms with Crippen LogP contribution in [0.3, 0.4) is 0 Å². The van der Waals surface area contributed by atoms with Crippen LogP contribution in [-0.4, -0.2) is 19.6 Å². The van der Waals surface area contributed by atoms with E-state index >= 15 is 0 Å². The quantitative estimate of drug-likeness (QED) is 0.585. The Balaban J connectivity index is 2.46. The van der Waals surface area contributed by atoms with E-state index in [-0.39, 0.29) is 5.82 Å². The lowest BCUT2D eigenvalue weighted by atomic mass is 10.2. The summed E-state index contributed by atoms with van der Waals surface area (Å²) in [5, 5.41) is 6.20. The van der Waals surface area contributed by atoms with Gasteiger partial charge in [-0.25, -0.2) is 4.39 Å². The largest absolute Gasteiger partial charge is 0.357 e. The molecule has 82 valence electrons. The Kier molecular flexibility index (Phi) is 4.60. The average Bonchev–Trinajstić information content (AvgIpc) is 2.26. The van der Waals surface area contributed by atoms with Crippen molar-refractivity contribution in [2.75, 3.05) is 13.6 Å². The van der Waals surface area contributed by atoms with Crippen LogP contribution in [0.15, 0.2) is 29.3 Å². The van der Waals surface area contributed by atoms with Gasteiger partial charge in [0.05, 0.1) is 0 Å². The Morgan fingerprint density at radius 2 is 1.93 bits per heavy atom. The molecule has 0 heterocycles. The van der Waals surface area contributed by atoms with Gasteiger partial charge in [0.15, 0.2) is 5.96 Å². The van der Waals surface area contributed by atoms with E-state index in [0.29, 0.717) is 6.54 Å². The van der Waals surface area contributed by atoms with Crippen LogP contribution in [0.2, 0.25) is 0 Å². The van der Waals surface area contributed by atoms with E-state index in [4.69, 9.17) is 0 Å². The van der Waals surface area contributed by atoms with E-state index in [1.165, 1.54) is 12.1 Å². The fraction of sp³-hybridized carbons (Fsp3) is 0.364. The highest BCUT2D eigenvalue weighted by Crippen LogP contribution is 2.01. The molecule has 0 radical (unpaired) electrons. The number of hydrogen-bond acceptors (Lipinski definition) is 1. The topological polar surface area (TPSA) is 36.4 Å². The minimum absolute atomic E-state index is 0.213. The maximum absolute atomic E-state index is 12.6. The highest BCUT2D eigenvalue weighted by Gasteiger charge is 1.96. The number of halogens is 1. The van der Waals surface area contributed by atoms with Crippen LogP contribution in [0, 0.1) is 5.82 Å². The first-order valence-electron chi connectivity index (χ1n) is 4.95. The van der Waals surface area contributed by atoms with Crippen LogP contribution < -0.4 is 10.6 Å². The summed E-state index contributed by atoms with van der Waals surface area (Å²) in [5.41, 5.74) is 1.02. The summed E-state index contributed by atoms with van der Waals surface area (Å²) in [6.45, 7) is 3.47. The highest BCUT2D eigenvalue weighted by molar-refractivity contribution is 5.79. The van der Waals surface area contributed by atoms with E-state index in [2.05, 4.69) is 15.6 Å². The third-order valence-electron chi connectivity index (χ3n) is 1.94. The van der Waals surface area contributed by atoms with Crippen molar-refractivity contribution in [3.8, 4) is 0 Å². The maximum atomic E-state index is 12.6. The van der Waals surface area contributed by atoms with Gasteiger partial charge < -0.3 is 10.6 Å². The minimum Gasteiger partial charge on any atom is -0.357 e. The first-order valence-corrected chi connectivity index (χ1v) is 4.95. The van der Waals surface area contributed by atoms with E-state index in [0.717, 1.165) is 18.1 Å². The third kappa shape index (κ3) is 3.97. The lowest BCUT2D eigenvalue weighted by molar-refractivity contribution is 0.626. The highest BCUT2D eigenvalue weighted by atomic mass is 19.1. The van der Waals surface area contributed by atoms with Crippen LogP contribution >= 0.6 is 0 Å². The maximum Gasteiger partial charge on any atom is 0.191 e. The molecule has 0 unspecified atom stereocenters. The van der Waals surface area contributed by atoms with Crippen LogP contribution in [0.5, 0.6) is 0 Å². The number of nitrogens with one attached hydrogen (secondary N) is 2. The van der Waals surface area contributed by atoms with Crippen LogP contribution in [0.4, 0.5) is 4.39 Å². The SMILES string of the molecule is CCNC(=NC)NCc1ccc(F)cc1. The summed E-state index contributed by atoms with van der Waals surface area (Å²) < 4.78 is 12.6. The van der Waals surface area contributed by atoms with Gasteiger partial charge in [-0.15, -0.1) is 0 Å². The van der Waals surface area contributed by atoms with Gasteiger partial charge >= 0.3 is 0 Å². The smallest absolute Gasteiger partial charge is 0.191 e. The van der Waals surface area contributed by atoms with Gasteiger partial charge in [-0.2, -0.15) is 0 Å². The molecule has 4 heteroatoms. The first-order chi connectivity index (χ1) is 7.26. The lowest BCUT2D eigenvalue weighted by Gasteiger charge is -2.09. The number of rotatable bonds is 3. The standard InChI is InChI=1S/C11H16FN3/c1-3-14-11(13-2)15-8-9-4-6-10(12)7-5-9/h4-7H,3,8H2,1-2H3,(H2,13,14,15). The van der Waals surface area contributed by atoms with Gasteiger partial charge in [0.25, 0.3) is 0 Å². The van der Waals surface area contributed by atoms with Crippen molar-refractivity contribution in [3.05, 3.63) is 35.6 Å². The Bertz CT molecular complexity index is 319. The minimum atomic E-state index is -0.213. The molecule has 0 saturated carbocycles.